The van der Waals surface area contributed by atoms with Crippen LogP contribution in [0.25, 0.3) is 0 Å². The third kappa shape index (κ3) is 4.15. The molecule has 2 heterocycles. The van der Waals surface area contributed by atoms with Crippen molar-refractivity contribution in [3.63, 3.8) is 0 Å². The van der Waals surface area contributed by atoms with Crippen LogP contribution in [0.1, 0.15) is 80.0 Å². The summed E-state index contributed by atoms with van der Waals surface area (Å²) >= 11 is 0. The van der Waals surface area contributed by atoms with Crippen LogP contribution in [0.15, 0.2) is 30.5 Å². The van der Waals surface area contributed by atoms with Gasteiger partial charge in [0.1, 0.15) is 0 Å². The van der Waals surface area contributed by atoms with E-state index in [1.165, 1.54) is 11.1 Å². The average Bonchev–Trinajstić information content (AvgIpc) is 3.12. The first-order chi connectivity index (χ1) is 12.5. The molecule has 0 spiro atoms. The minimum Gasteiger partial charge on any atom is -0.320 e. The third-order valence-corrected chi connectivity index (χ3v) is 5.10. The van der Waals surface area contributed by atoms with Crippen LogP contribution in [0.2, 0.25) is 0 Å². The van der Waals surface area contributed by atoms with E-state index in [4.69, 9.17) is 0 Å². The van der Waals surface area contributed by atoms with Crippen LogP contribution in [-0.2, 0) is 0 Å². The normalized spacial score (nSPS) is 17.7. The fourth-order valence-electron chi connectivity index (χ4n) is 3.44. The van der Waals surface area contributed by atoms with Crippen molar-refractivity contribution in [3.8, 4) is 0 Å². The molecular weight excluding hydrogens is 324 g/mol. The molecule has 5 heteroatoms. The zero-order valence-corrected chi connectivity index (χ0v) is 16.2. The molecule has 1 aliphatic heterocycles. The molecule has 0 radical (unpaired) electrons. The predicted molar refractivity (Wildman–Crippen MR) is 106 cm³/mol. The van der Waals surface area contributed by atoms with Crippen LogP contribution in [0, 0.1) is 0 Å². The highest BCUT2D eigenvalue weighted by Crippen LogP contribution is 2.28. The van der Waals surface area contributed by atoms with Crippen LogP contribution in [-0.4, -0.2) is 28.8 Å². The zero-order valence-electron chi connectivity index (χ0n) is 16.2. The van der Waals surface area contributed by atoms with Crippen molar-refractivity contribution in [3.05, 3.63) is 47.3 Å². The van der Waals surface area contributed by atoms with Gasteiger partial charge in [0.2, 0.25) is 0 Å². The molecule has 1 aromatic carbocycles. The number of amides is 1. The maximum Gasteiger partial charge on any atom is 0.276 e. The van der Waals surface area contributed by atoms with Gasteiger partial charge in [-0.2, -0.15) is 5.10 Å². The summed E-state index contributed by atoms with van der Waals surface area (Å²) in [6, 6.07) is 8.46. The molecule has 1 aliphatic rings. The topological polar surface area (TPSA) is 59.0 Å². The summed E-state index contributed by atoms with van der Waals surface area (Å²) in [6.45, 7) is 10.7. The molecule has 1 fully saturated rings. The summed E-state index contributed by atoms with van der Waals surface area (Å²) < 4.78 is 1.92. The number of hydrogen-bond acceptors (Lipinski definition) is 3. The van der Waals surface area contributed by atoms with Crippen molar-refractivity contribution in [1.82, 2.24) is 15.1 Å². The van der Waals surface area contributed by atoms with Crippen LogP contribution >= 0.6 is 0 Å². The van der Waals surface area contributed by atoms with E-state index in [0.717, 1.165) is 31.6 Å². The number of nitrogens with one attached hydrogen (secondary N) is 2. The van der Waals surface area contributed by atoms with Gasteiger partial charge in [0.25, 0.3) is 5.91 Å². The number of rotatable bonds is 5. The SMILES string of the molecule is CC(C)c1ccc(NC(=O)c2ccn(C3CCCNC3)n2)c(C(C)C)c1. The molecule has 1 saturated heterocycles. The lowest BCUT2D eigenvalue weighted by Crippen LogP contribution is -2.32. The van der Waals surface area contributed by atoms with E-state index in [2.05, 4.69) is 55.6 Å². The van der Waals surface area contributed by atoms with Crippen molar-refractivity contribution >= 4 is 11.6 Å². The summed E-state index contributed by atoms with van der Waals surface area (Å²) in [5.74, 6) is 0.665. The van der Waals surface area contributed by atoms with E-state index in [1.807, 2.05) is 23.0 Å². The summed E-state index contributed by atoms with van der Waals surface area (Å²) in [4.78, 5) is 12.7. The van der Waals surface area contributed by atoms with E-state index < -0.39 is 0 Å². The van der Waals surface area contributed by atoms with Crippen LogP contribution in [0.3, 0.4) is 0 Å². The fourth-order valence-corrected chi connectivity index (χ4v) is 3.44. The third-order valence-electron chi connectivity index (χ3n) is 5.10. The number of piperidine rings is 1. The highest BCUT2D eigenvalue weighted by atomic mass is 16.1. The standard InChI is InChI=1S/C21H30N4O/c1-14(2)16-7-8-19(18(12-16)15(3)4)23-21(26)20-9-11-25(24-20)17-6-5-10-22-13-17/h7-9,11-12,14-15,17,22H,5-6,10,13H2,1-4H3,(H,23,26). The van der Waals surface area contributed by atoms with Gasteiger partial charge in [0.05, 0.1) is 6.04 Å². The molecule has 1 unspecified atom stereocenters. The number of carbonyl (C=O) groups is 1. The second-order valence-corrected chi connectivity index (χ2v) is 7.79. The molecule has 0 bridgehead atoms. The van der Waals surface area contributed by atoms with Crippen LogP contribution in [0.4, 0.5) is 5.69 Å². The second-order valence-electron chi connectivity index (χ2n) is 7.79. The Kier molecular flexibility index (Phi) is 5.77. The molecule has 0 aliphatic carbocycles. The Balaban J connectivity index is 1.76. The van der Waals surface area contributed by atoms with Gasteiger partial charge in [-0.05, 0) is 54.5 Å². The van der Waals surface area contributed by atoms with Crippen molar-refractivity contribution in [2.45, 2.75) is 58.4 Å². The number of anilines is 1. The Hall–Kier alpha value is -2.14. The van der Waals surface area contributed by atoms with Gasteiger partial charge in [0.15, 0.2) is 5.69 Å². The molecule has 0 saturated carbocycles. The number of nitrogens with zero attached hydrogens (tertiary/aromatic N) is 2. The first-order valence-corrected chi connectivity index (χ1v) is 9.66. The lowest BCUT2D eigenvalue weighted by molar-refractivity contribution is 0.102. The number of carbonyl (C=O) groups excluding carboxylic acids is 1. The van der Waals surface area contributed by atoms with Crippen molar-refractivity contribution in [1.29, 1.82) is 0 Å². The Morgan fingerprint density at radius 3 is 2.69 bits per heavy atom. The maximum absolute atomic E-state index is 12.7. The molecule has 5 nitrogen and oxygen atoms in total. The van der Waals surface area contributed by atoms with Crippen molar-refractivity contribution in [2.75, 3.05) is 18.4 Å². The van der Waals surface area contributed by atoms with E-state index in [1.54, 1.807) is 0 Å². The van der Waals surface area contributed by atoms with Gasteiger partial charge >= 0.3 is 0 Å². The van der Waals surface area contributed by atoms with Crippen molar-refractivity contribution in [2.24, 2.45) is 0 Å². The predicted octanol–water partition coefficient (Wildman–Crippen LogP) is 4.31. The van der Waals surface area contributed by atoms with Gasteiger partial charge in [-0.25, -0.2) is 0 Å². The van der Waals surface area contributed by atoms with E-state index in [0.29, 0.717) is 23.6 Å². The molecule has 1 atom stereocenters. The molecular formula is C21H30N4O. The maximum atomic E-state index is 12.7. The molecule has 2 aromatic rings. The highest BCUT2D eigenvalue weighted by Gasteiger charge is 2.19. The molecule has 2 N–H and O–H groups in total. The number of benzene rings is 1. The fraction of sp³-hybridized carbons (Fsp3) is 0.524. The van der Waals surface area contributed by atoms with Gasteiger partial charge in [0, 0.05) is 18.4 Å². The Morgan fingerprint density at radius 1 is 1.23 bits per heavy atom. The number of aromatic nitrogens is 2. The smallest absolute Gasteiger partial charge is 0.276 e. The first kappa shape index (κ1) is 18.6. The summed E-state index contributed by atoms with van der Waals surface area (Å²) in [5.41, 5.74) is 3.81. The Morgan fingerprint density at radius 2 is 2.04 bits per heavy atom. The quantitative estimate of drug-likeness (QED) is 0.841. The van der Waals surface area contributed by atoms with Gasteiger partial charge in [-0.3, -0.25) is 9.48 Å². The largest absolute Gasteiger partial charge is 0.320 e. The molecule has 3 rings (SSSR count). The lowest BCUT2D eigenvalue weighted by atomic mass is 9.94. The van der Waals surface area contributed by atoms with E-state index >= 15 is 0 Å². The van der Waals surface area contributed by atoms with E-state index in [-0.39, 0.29) is 5.91 Å². The minimum atomic E-state index is -0.147. The minimum absolute atomic E-state index is 0.147. The van der Waals surface area contributed by atoms with Gasteiger partial charge in [-0.15, -0.1) is 0 Å². The highest BCUT2D eigenvalue weighted by molar-refractivity contribution is 6.03. The lowest BCUT2D eigenvalue weighted by Gasteiger charge is -2.22. The van der Waals surface area contributed by atoms with E-state index in [9.17, 15) is 4.79 Å². The van der Waals surface area contributed by atoms with Gasteiger partial charge < -0.3 is 10.6 Å². The summed E-state index contributed by atoms with van der Waals surface area (Å²) in [5, 5.41) is 11.0. The average molecular weight is 354 g/mol. The molecule has 1 amide bonds. The van der Waals surface area contributed by atoms with Crippen LogP contribution in [0.5, 0.6) is 0 Å². The summed E-state index contributed by atoms with van der Waals surface area (Å²) in [6.07, 6.45) is 4.16. The first-order valence-electron chi connectivity index (χ1n) is 9.66. The monoisotopic (exact) mass is 354 g/mol. The second kappa shape index (κ2) is 8.04. The zero-order chi connectivity index (χ0) is 18.7. The molecule has 26 heavy (non-hydrogen) atoms. The Bertz CT molecular complexity index is 757. The molecule has 1 aromatic heterocycles. The van der Waals surface area contributed by atoms with Crippen molar-refractivity contribution < 1.29 is 4.79 Å². The molecule has 140 valence electrons. The van der Waals surface area contributed by atoms with Gasteiger partial charge in [-0.1, -0.05) is 39.8 Å². The van der Waals surface area contributed by atoms with Crippen LogP contribution < -0.4 is 10.6 Å². The Labute approximate surface area is 156 Å². The summed E-state index contributed by atoms with van der Waals surface area (Å²) in [7, 11) is 0. The number of hydrogen-bond donors (Lipinski definition) is 2.